The van der Waals surface area contributed by atoms with Gasteiger partial charge in [-0.25, -0.2) is 9.59 Å². The molecule has 2 aromatic carbocycles. The third-order valence-electron chi connectivity index (χ3n) is 6.30. The average molecular weight is 600 g/mol. The van der Waals surface area contributed by atoms with Crippen LogP contribution in [-0.4, -0.2) is 36.3 Å². The van der Waals surface area contributed by atoms with Crippen molar-refractivity contribution in [1.29, 1.82) is 0 Å². The van der Waals surface area contributed by atoms with E-state index in [2.05, 4.69) is 0 Å². The van der Waals surface area contributed by atoms with E-state index in [-0.39, 0.29) is 23.7 Å². The number of methoxy groups -OCH3 is 1. The van der Waals surface area contributed by atoms with Crippen molar-refractivity contribution in [2.75, 3.05) is 12.0 Å². The molecule has 1 aliphatic heterocycles. The van der Waals surface area contributed by atoms with Crippen LogP contribution in [0.15, 0.2) is 36.4 Å². The summed E-state index contributed by atoms with van der Waals surface area (Å²) in [6.07, 6.45) is -18.2. The first-order valence-electron chi connectivity index (χ1n) is 12.1. The Bertz CT molecular complexity index is 1260. The minimum Gasteiger partial charge on any atom is -0.453 e. The smallest absolute Gasteiger partial charge is 0.416 e. The zero-order valence-electron chi connectivity index (χ0n) is 22.0. The largest absolute Gasteiger partial charge is 0.453 e. The van der Waals surface area contributed by atoms with Crippen LogP contribution in [0.2, 0.25) is 0 Å². The number of ether oxygens (including phenoxy) is 2. The molecule has 0 spiro atoms. The molecule has 0 saturated carbocycles. The molecule has 15 heteroatoms. The van der Waals surface area contributed by atoms with E-state index in [9.17, 15) is 49.1 Å². The monoisotopic (exact) mass is 600 g/mol. The molecule has 2 amide bonds. The van der Waals surface area contributed by atoms with Gasteiger partial charge in [0.2, 0.25) is 0 Å². The molecule has 0 fully saturated rings. The first-order chi connectivity index (χ1) is 18.7. The molecule has 0 aromatic heterocycles. The van der Waals surface area contributed by atoms with Gasteiger partial charge in [-0.05, 0) is 74.7 Å². The Morgan fingerprint density at radius 1 is 0.902 bits per heavy atom. The van der Waals surface area contributed by atoms with Gasteiger partial charge in [0.15, 0.2) is 0 Å². The van der Waals surface area contributed by atoms with Crippen LogP contribution >= 0.6 is 0 Å². The van der Waals surface area contributed by atoms with Crippen molar-refractivity contribution in [2.45, 2.75) is 70.5 Å². The summed E-state index contributed by atoms with van der Waals surface area (Å²) in [4.78, 5) is 27.5. The Balaban J connectivity index is 2.20. The number of fused-ring (bicyclic) bond motifs is 1. The van der Waals surface area contributed by atoms with Gasteiger partial charge < -0.3 is 9.47 Å². The lowest BCUT2D eigenvalue weighted by Gasteiger charge is -2.43. The molecule has 0 aliphatic carbocycles. The first kappa shape index (κ1) is 31.9. The first-order valence-corrected chi connectivity index (χ1v) is 12.1. The standard InChI is InChI=1S/C26H25F9N2O4/c1-13(2)41-23(39)37-14(3)7-21(19-11-16(24(27,28)29)5-6-20(19)37)36(22(38)40-4)12-15-8-17(25(30,31)32)10-18(9-15)26(33,34)35/h5-6,8-11,13-14,21H,7,12H2,1-4H3/t14-,21+/m1/s1. The predicted molar refractivity (Wildman–Crippen MR) is 127 cm³/mol. The highest BCUT2D eigenvalue weighted by Gasteiger charge is 2.42. The maximum atomic E-state index is 13.7. The number of benzene rings is 2. The summed E-state index contributed by atoms with van der Waals surface area (Å²) in [7, 11) is 0.897. The van der Waals surface area contributed by atoms with Crippen molar-refractivity contribution in [1.82, 2.24) is 4.90 Å². The molecule has 2 aromatic rings. The molecule has 6 nitrogen and oxygen atoms in total. The van der Waals surface area contributed by atoms with Crippen LogP contribution < -0.4 is 4.90 Å². The van der Waals surface area contributed by atoms with E-state index in [1.807, 2.05) is 0 Å². The lowest BCUT2D eigenvalue weighted by molar-refractivity contribution is -0.143. The van der Waals surface area contributed by atoms with Gasteiger partial charge in [0.05, 0.1) is 41.6 Å². The molecule has 3 rings (SSSR count). The molecule has 2 atom stereocenters. The fourth-order valence-corrected chi connectivity index (χ4v) is 4.57. The fraction of sp³-hybridized carbons (Fsp3) is 0.462. The van der Waals surface area contributed by atoms with Gasteiger partial charge in [0.1, 0.15) is 0 Å². The topological polar surface area (TPSA) is 59.1 Å². The summed E-state index contributed by atoms with van der Waals surface area (Å²) in [5.41, 5.74) is -5.33. The number of hydrogen-bond acceptors (Lipinski definition) is 4. The number of nitrogens with zero attached hydrogens (tertiary/aromatic N) is 2. The molecule has 0 N–H and O–H groups in total. The van der Waals surface area contributed by atoms with Gasteiger partial charge in [-0.15, -0.1) is 0 Å². The molecule has 0 bridgehead atoms. The number of hydrogen-bond donors (Lipinski definition) is 0. The van der Waals surface area contributed by atoms with Crippen LogP contribution in [0.4, 0.5) is 54.8 Å². The summed E-state index contributed by atoms with van der Waals surface area (Å²) in [6, 6.07) is 0.936. The van der Waals surface area contributed by atoms with Gasteiger partial charge >= 0.3 is 30.7 Å². The predicted octanol–water partition coefficient (Wildman–Crippen LogP) is 8.20. The van der Waals surface area contributed by atoms with Gasteiger partial charge in [0, 0.05) is 12.6 Å². The van der Waals surface area contributed by atoms with Gasteiger partial charge in [-0.2, -0.15) is 39.5 Å². The molecule has 0 radical (unpaired) electrons. The number of anilines is 1. The van der Waals surface area contributed by atoms with Gasteiger partial charge in [-0.3, -0.25) is 9.80 Å². The number of rotatable bonds is 4. The van der Waals surface area contributed by atoms with E-state index in [1.165, 1.54) is 6.92 Å². The average Bonchev–Trinajstić information content (AvgIpc) is 2.83. The SMILES string of the molecule is COC(=O)N(Cc1cc(C(F)(F)F)cc(C(F)(F)F)c1)[C@H]1C[C@@H](C)N(C(=O)OC(C)C)c2ccc(C(F)(F)F)cc21. The second-order valence-corrected chi connectivity index (χ2v) is 9.69. The Morgan fingerprint density at radius 2 is 1.44 bits per heavy atom. The number of halogens is 9. The third kappa shape index (κ3) is 7.17. The van der Waals surface area contributed by atoms with Crippen molar-refractivity contribution < 1.29 is 58.6 Å². The number of carbonyl (C=O) groups excluding carboxylic acids is 2. The molecule has 41 heavy (non-hydrogen) atoms. The van der Waals surface area contributed by atoms with Crippen LogP contribution in [0, 0.1) is 0 Å². The summed E-state index contributed by atoms with van der Waals surface area (Å²) >= 11 is 0. The Morgan fingerprint density at radius 3 is 1.90 bits per heavy atom. The molecule has 1 aliphatic rings. The zero-order valence-corrected chi connectivity index (χ0v) is 22.0. The van der Waals surface area contributed by atoms with E-state index < -0.39 is 77.7 Å². The Labute approximate surface area is 228 Å². The fourth-order valence-electron chi connectivity index (χ4n) is 4.57. The molecule has 1 heterocycles. The quantitative estimate of drug-likeness (QED) is 0.332. The summed E-state index contributed by atoms with van der Waals surface area (Å²) < 4.78 is 132. The summed E-state index contributed by atoms with van der Waals surface area (Å²) in [5.74, 6) is 0. The van der Waals surface area contributed by atoms with E-state index >= 15 is 0 Å². The molecular weight excluding hydrogens is 575 g/mol. The van der Waals surface area contributed by atoms with Crippen molar-refractivity contribution >= 4 is 17.9 Å². The lowest BCUT2D eigenvalue weighted by atomic mass is 9.89. The highest BCUT2D eigenvalue weighted by Crippen LogP contribution is 2.45. The van der Waals surface area contributed by atoms with Crippen molar-refractivity contribution in [3.8, 4) is 0 Å². The van der Waals surface area contributed by atoms with Crippen LogP contribution in [0.1, 0.15) is 61.1 Å². The molecule has 226 valence electrons. The third-order valence-corrected chi connectivity index (χ3v) is 6.30. The van der Waals surface area contributed by atoms with Crippen molar-refractivity contribution in [2.24, 2.45) is 0 Å². The summed E-state index contributed by atoms with van der Waals surface area (Å²) in [6.45, 7) is 3.71. The van der Waals surface area contributed by atoms with Crippen LogP contribution in [-0.2, 0) is 34.5 Å². The van der Waals surface area contributed by atoms with Crippen LogP contribution in [0.3, 0.4) is 0 Å². The van der Waals surface area contributed by atoms with E-state index in [1.54, 1.807) is 13.8 Å². The number of amides is 2. The van der Waals surface area contributed by atoms with E-state index in [0.29, 0.717) is 24.3 Å². The number of alkyl halides is 9. The van der Waals surface area contributed by atoms with Gasteiger partial charge in [-0.1, -0.05) is 0 Å². The molecule has 0 unspecified atom stereocenters. The van der Waals surface area contributed by atoms with Crippen LogP contribution in [0.25, 0.3) is 0 Å². The number of carbonyl (C=O) groups is 2. The van der Waals surface area contributed by atoms with Crippen LogP contribution in [0.5, 0.6) is 0 Å². The molecular formula is C26H25F9N2O4. The summed E-state index contributed by atoms with van der Waals surface area (Å²) in [5, 5.41) is 0. The minimum absolute atomic E-state index is 0.0821. The highest BCUT2D eigenvalue weighted by atomic mass is 19.4. The van der Waals surface area contributed by atoms with E-state index in [0.717, 1.165) is 23.0 Å². The van der Waals surface area contributed by atoms with Gasteiger partial charge in [0.25, 0.3) is 0 Å². The van der Waals surface area contributed by atoms with E-state index in [4.69, 9.17) is 9.47 Å². The second kappa shape index (κ2) is 11.3. The normalized spacial score (nSPS) is 17.8. The van der Waals surface area contributed by atoms with Crippen molar-refractivity contribution in [3.05, 3.63) is 64.2 Å². The minimum atomic E-state index is -5.17. The second-order valence-electron chi connectivity index (χ2n) is 9.69. The maximum absolute atomic E-state index is 13.7. The van der Waals surface area contributed by atoms with Crippen molar-refractivity contribution in [3.63, 3.8) is 0 Å². The Hall–Kier alpha value is -3.65. The zero-order chi connectivity index (χ0) is 31.1. The molecule has 0 saturated heterocycles. The highest BCUT2D eigenvalue weighted by molar-refractivity contribution is 5.90. The lowest BCUT2D eigenvalue weighted by Crippen LogP contribution is -2.48. The Kier molecular flexibility index (Phi) is 8.80. The maximum Gasteiger partial charge on any atom is 0.416 e.